The van der Waals surface area contributed by atoms with Crippen LogP contribution in [0.4, 0.5) is 11.4 Å². The molecule has 0 bridgehead atoms. The highest BCUT2D eigenvalue weighted by Gasteiger charge is 2.17. The minimum atomic E-state index is -0.542. The number of amides is 1. The zero-order chi connectivity index (χ0) is 17.5. The first-order valence-electron chi connectivity index (χ1n) is 7.51. The van der Waals surface area contributed by atoms with Crippen LogP contribution in [0.2, 0.25) is 0 Å². The van der Waals surface area contributed by atoms with Gasteiger partial charge in [-0.2, -0.15) is 0 Å². The third-order valence-corrected chi connectivity index (χ3v) is 3.15. The molecule has 0 radical (unpaired) electrons. The number of rotatable bonds is 7. The minimum absolute atomic E-state index is 0.138. The van der Waals surface area contributed by atoms with Crippen LogP contribution in [0, 0.1) is 10.1 Å². The Morgan fingerprint density at radius 1 is 1.08 bits per heavy atom. The Hall–Kier alpha value is -3.09. The van der Waals surface area contributed by atoms with Crippen molar-refractivity contribution in [3.63, 3.8) is 0 Å². The number of ether oxygens (including phenoxy) is 2. The fraction of sp³-hybridized carbons (Fsp3) is 0.235. The Bertz CT molecular complexity index is 746. The zero-order valence-corrected chi connectivity index (χ0v) is 13.4. The monoisotopic (exact) mass is 330 g/mol. The molecule has 0 saturated heterocycles. The number of hydrogen-bond acceptors (Lipinski definition) is 5. The van der Waals surface area contributed by atoms with Gasteiger partial charge in [-0.05, 0) is 38.1 Å². The Labute approximate surface area is 139 Å². The average molecular weight is 330 g/mol. The van der Waals surface area contributed by atoms with Crippen molar-refractivity contribution in [2.24, 2.45) is 0 Å². The topological polar surface area (TPSA) is 90.7 Å². The first-order chi connectivity index (χ1) is 11.6. The average Bonchev–Trinajstić information content (AvgIpc) is 2.57. The predicted octanol–water partition coefficient (Wildman–Crippen LogP) is 3.64. The van der Waals surface area contributed by atoms with Gasteiger partial charge in [0.1, 0.15) is 5.69 Å². The molecule has 7 nitrogen and oxygen atoms in total. The van der Waals surface area contributed by atoms with Crippen molar-refractivity contribution in [3.05, 3.63) is 58.1 Å². The van der Waals surface area contributed by atoms with Gasteiger partial charge in [0.15, 0.2) is 11.5 Å². The van der Waals surface area contributed by atoms with Gasteiger partial charge in [0.25, 0.3) is 11.6 Å². The van der Waals surface area contributed by atoms with Gasteiger partial charge in [-0.1, -0.05) is 12.1 Å². The molecule has 0 spiro atoms. The number of nitro benzene ring substituents is 1. The Balaban J connectivity index is 2.27. The van der Waals surface area contributed by atoms with Crippen LogP contribution >= 0.6 is 0 Å². The van der Waals surface area contributed by atoms with E-state index >= 15 is 0 Å². The molecule has 1 N–H and O–H groups in total. The number of hydrogen-bond donors (Lipinski definition) is 1. The lowest BCUT2D eigenvalue weighted by Crippen LogP contribution is -2.13. The number of carbonyl (C=O) groups is 1. The van der Waals surface area contributed by atoms with Crippen molar-refractivity contribution in [2.45, 2.75) is 13.8 Å². The lowest BCUT2D eigenvalue weighted by atomic mass is 10.1. The number of carbonyl (C=O) groups excluding carboxylic acids is 1. The van der Waals surface area contributed by atoms with Crippen LogP contribution in [0.25, 0.3) is 0 Å². The van der Waals surface area contributed by atoms with Crippen LogP contribution < -0.4 is 14.8 Å². The van der Waals surface area contributed by atoms with Crippen LogP contribution in [0.5, 0.6) is 11.5 Å². The van der Waals surface area contributed by atoms with Gasteiger partial charge in [-0.3, -0.25) is 14.9 Å². The molecule has 0 atom stereocenters. The zero-order valence-electron chi connectivity index (χ0n) is 13.4. The summed E-state index contributed by atoms with van der Waals surface area (Å²) in [5.41, 5.74) is 0.293. The highest BCUT2D eigenvalue weighted by molar-refractivity contribution is 6.05. The summed E-state index contributed by atoms with van der Waals surface area (Å²) in [5, 5.41) is 13.6. The van der Waals surface area contributed by atoms with Gasteiger partial charge in [0.2, 0.25) is 0 Å². The van der Waals surface area contributed by atoms with E-state index in [2.05, 4.69) is 5.32 Å². The van der Waals surface area contributed by atoms with Gasteiger partial charge in [-0.15, -0.1) is 0 Å². The number of benzene rings is 2. The molecular weight excluding hydrogens is 312 g/mol. The van der Waals surface area contributed by atoms with Crippen molar-refractivity contribution in [1.29, 1.82) is 0 Å². The molecular formula is C17H18N2O5. The fourth-order valence-electron chi connectivity index (χ4n) is 2.13. The van der Waals surface area contributed by atoms with Crippen molar-refractivity contribution in [1.82, 2.24) is 0 Å². The summed E-state index contributed by atoms with van der Waals surface area (Å²) in [4.78, 5) is 22.9. The molecule has 2 rings (SSSR count). The number of anilines is 1. The van der Waals surface area contributed by atoms with E-state index in [0.717, 1.165) is 0 Å². The summed E-state index contributed by atoms with van der Waals surface area (Å²) >= 11 is 0. The van der Waals surface area contributed by atoms with E-state index in [9.17, 15) is 14.9 Å². The summed E-state index contributed by atoms with van der Waals surface area (Å²) in [7, 11) is 0. The van der Waals surface area contributed by atoms with Gasteiger partial charge >= 0.3 is 0 Å². The fourth-order valence-corrected chi connectivity index (χ4v) is 2.13. The largest absolute Gasteiger partial charge is 0.490 e. The number of nitro groups is 1. The Kier molecular flexibility index (Phi) is 5.73. The highest BCUT2D eigenvalue weighted by atomic mass is 16.6. The van der Waals surface area contributed by atoms with Gasteiger partial charge in [-0.25, -0.2) is 0 Å². The maximum atomic E-state index is 12.4. The first-order valence-corrected chi connectivity index (χ1v) is 7.51. The molecule has 0 fully saturated rings. The van der Waals surface area contributed by atoms with Crippen molar-refractivity contribution in [3.8, 4) is 11.5 Å². The smallest absolute Gasteiger partial charge is 0.292 e. The summed E-state index contributed by atoms with van der Waals surface area (Å²) in [6, 6.07) is 10.7. The SMILES string of the molecule is CCOc1ccc(C(=O)Nc2ccccc2[N+](=O)[O-])cc1OCC. The standard InChI is InChI=1S/C17H18N2O5/c1-3-23-15-10-9-12(11-16(15)24-4-2)17(20)18-13-7-5-6-8-14(13)19(21)22/h5-11H,3-4H2,1-2H3,(H,18,20). The molecule has 0 aromatic heterocycles. The van der Waals surface area contributed by atoms with E-state index in [1.807, 2.05) is 13.8 Å². The number of nitrogens with zero attached hydrogens (tertiary/aromatic N) is 1. The Morgan fingerprint density at radius 3 is 2.42 bits per heavy atom. The van der Waals surface area contributed by atoms with Crippen LogP contribution in [-0.4, -0.2) is 24.0 Å². The summed E-state index contributed by atoms with van der Waals surface area (Å²) in [6.45, 7) is 4.58. The second-order valence-electron chi connectivity index (χ2n) is 4.76. The van der Waals surface area contributed by atoms with Crippen LogP contribution in [0.1, 0.15) is 24.2 Å². The van der Waals surface area contributed by atoms with Crippen molar-refractivity contribution < 1.29 is 19.2 Å². The summed E-state index contributed by atoms with van der Waals surface area (Å²) in [6.07, 6.45) is 0. The van der Waals surface area contributed by atoms with Gasteiger partial charge in [0, 0.05) is 11.6 Å². The second-order valence-corrected chi connectivity index (χ2v) is 4.76. The normalized spacial score (nSPS) is 10.1. The first kappa shape index (κ1) is 17.3. The van der Waals surface area contributed by atoms with E-state index in [1.54, 1.807) is 24.3 Å². The number of nitrogens with one attached hydrogen (secondary N) is 1. The number of para-hydroxylation sites is 2. The molecule has 2 aromatic rings. The molecule has 7 heteroatoms. The molecule has 0 saturated carbocycles. The van der Waals surface area contributed by atoms with E-state index in [0.29, 0.717) is 30.3 Å². The van der Waals surface area contributed by atoms with E-state index < -0.39 is 10.8 Å². The van der Waals surface area contributed by atoms with Crippen molar-refractivity contribution >= 4 is 17.3 Å². The highest BCUT2D eigenvalue weighted by Crippen LogP contribution is 2.29. The van der Waals surface area contributed by atoms with Gasteiger partial charge in [0.05, 0.1) is 18.1 Å². The maximum Gasteiger partial charge on any atom is 0.292 e. The molecule has 0 heterocycles. The second kappa shape index (κ2) is 7.96. The molecule has 0 aliphatic heterocycles. The summed E-state index contributed by atoms with van der Waals surface area (Å²) < 4.78 is 10.9. The molecule has 2 aromatic carbocycles. The minimum Gasteiger partial charge on any atom is -0.490 e. The van der Waals surface area contributed by atoms with E-state index in [1.165, 1.54) is 18.2 Å². The summed E-state index contributed by atoms with van der Waals surface area (Å²) in [5.74, 6) is 0.532. The molecule has 0 aliphatic rings. The molecule has 126 valence electrons. The third-order valence-electron chi connectivity index (χ3n) is 3.15. The molecule has 0 aliphatic carbocycles. The lowest BCUT2D eigenvalue weighted by Gasteiger charge is -2.12. The Morgan fingerprint density at radius 2 is 1.75 bits per heavy atom. The molecule has 24 heavy (non-hydrogen) atoms. The molecule has 0 unspecified atom stereocenters. The van der Waals surface area contributed by atoms with Gasteiger partial charge < -0.3 is 14.8 Å². The van der Waals surface area contributed by atoms with Crippen LogP contribution in [0.3, 0.4) is 0 Å². The molecule has 1 amide bonds. The predicted molar refractivity (Wildman–Crippen MR) is 89.8 cm³/mol. The maximum absolute atomic E-state index is 12.4. The van der Waals surface area contributed by atoms with Crippen LogP contribution in [0.15, 0.2) is 42.5 Å². The third kappa shape index (κ3) is 4.01. The quantitative estimate of drug-likeness (QED) is 0.618. The van der Waals surface area contributed by atoms with Crippen molar-refractivity contribution in [2.75, 3.05) is 18.5 Å². The lowest BCUT2D eigenvalue weighted by molar-refractivity contribution is -0.383. The van der Waals surface area contributed by atoms with E-state index in [-0.39, 0.29) is 11.4 Å². The van der Waals surface area contributed by atoms with E-state index in [4.69, 9.17) is 9.47 Å². The van der Waals surface area contributed by atoms with Crippen LogP contribution in [-0.2, 0) is 0 Å².